The first-order valence-corrected chi connectivity index (χ1v) is 4.73. The largest absolute Gasteiger partial charge is 0.329 e. The molecule has 1 atom stereocenters. The van der Waals surface area contributed by atoms with Crippen LogP contribution >= 0.6 is 0 Å². The third-order valence-electron chi connectivity index (χ3n) is 1.87. The molecule has 68 valence electrons. The molecule has 0 aromatic heterocycles. The lowest BCUT2D eigenvalue weighted by Crippen LogP contribution is -2.25. The second-order valence-electron chi connectivity index (χ2n) is 3.33. The Morgan fingerprint density at radius 2 is 1.18 bits per heavy atom. The van der Waals surface area contributed by atoms with Crippen molar-refractivity contribution in [3.63, 3.8) is 0 Å². The molecule has 0 bridgehead atoms. The molecule has 0 heterocycles. The van der Waals surface area contributed by atoms with Crippen molar-refractivity contribution in [2.75, 3.05) is 6.54 Å². The summed E-state index contributed by atoms with van der Waals surface area (Å²) in [6.07, 6.45) is 9.00. The van der Waals surface area contributed by atoms with Crippen molar-refractivity contribution in [2.45, 2.75) is 51.5 Å². The maximum atomic E-state index is 5.17. The minimum Gasteiger partial charge on any atom is -0.329 e. The Labute approximate surface area is 70.3 Å². The summed E-state index contributed by atoms with van der Waals surface area (Å²) in [6.45, 7) is 2.46. The van der Waals surface area contributed by atoms with Gasteiger partial charge in [-0.2, -0.15) is 0 Å². The summed E-state index contributed by atoms with van der Waals surface area (Å²) in [7, 11) is 0. The van der Waals surface area contributed by atoms with Crippen LogP contribution in [-0.2, 0) is 0 Å². The van der Waals surface area contributed by atoms with Crippen LogP contribution in [0, 0.1) is 0 Å². The highest BCUT2D eigenvalue weighted by atomic mass is 14.7. The van der Waals surface area contributed by atoms with Crippen LogP contribution in [0.5, 0.6) is 0 Å². The van der Waals surface area contributed by atoms with Gasteiger partial charge in [0.1, 0.15) is 0 Å². The Bertz CT molecular complexity index is 56.5. The minimum absolute atomic E-state index is 0.162. The average molecular weight is 158 g/mol. The fourth-order valence-corrected chi connectivity index (χ4v) is 1.06. The highest BCUT2D eigenvalue weighted by Crippen LogP contribution is 2.15. The quantitative estimate of drug-likeness (QED) is 0.609. The zero-order valence-corrected chi connectivity index (χ0v) is 7.68. The fraction of sp³-hybridized carbons (Fsp3) is 1.00. The lowest BCUT2D eigenvalue weighted by molar-refractivity contribution is 0.504. The highest BCUT2D eigenvalue weighted by Gasteiger charge is 1.95. The number of hydrogen-bond donors (Lipinski definition) is 2. The second-order valence-corrected chi connectivity index (χ2v) is 3.33. The van der Waals surface area contributed by atoms with Crippen molar-refractivity contribution < 1.29 is 0 Å². The Morgan fingerprint density at radius 1 is 1.00 bits per heavy atom. The van der Waals surface area contributed by atoms with Gasteiger partial charge in [-0.3, -0.25) is 0 Å². The molecule has 1 aliphatic rings. The number of nitrogens with two attached hydrogens (primary N) is 2. The van der Waals surface area contributed by atoms with Crippen LogP contribution in [0.1, 0.15) is 45.4 Å². The van der Waals surface area contributed by atoms with Crippen LogP contribution in [0.2, 0.25) is 0 Å². The maximum Gasteiger partial charge on any atom is 0.0134 e. The van der Waals surface area contributed by atoms with Crippen molar-refractivity contribution in [1.29, 1.82) is 0 Å². The van der Waals surface area contributed by atoms with E-state index < -0.39 is 0 Å². The van der Waals surface area contributed by atoms with Crippen molar-refractivity contribution in [3.05, 3.63) is 0 Å². The molecule has 0 spiro atoms. The van der Waals surface area contributed by atoms with Gasteiger partial charge in [0, 0.05) is 12.6 Å². The lowest BCUT2D eigenvalue weighted by atomic mass is 10.0. The first-order valence-electron chi connectivity index (χ1n) is 4.73. The molecule has 0 amide bonds. The molecule has 0 radical (unpaired) electrons. The fourth-order valence-electron chi connectivity index (χ4n) is 1.06. The third-order valence-corrected chi connectivity index (χ3v) is 1.87. The molecule has 0 aliphatic heterocycles. The Balaban J connectivity index is 0.000000187. The van der Waals surface area contributed by atoms with E-state index in [0.717, 1.165) is 0 Å². The van der Waals surface area contributed by atoms with E-state index in [9.17, 15) is 0 Å². The number of hydrogen-bond acceptors (Lipinski definition) is 2. The zero-order chi connectivity index (χ0) is 8.53. The molecule has 0 aromatic carbocycles. The molecule has 1 rings (SSSR count). The SMILES string of the molecule is C1CCCCC1.CC(N)CN. The van der Waals surface area contributed by atoms with E-state index in [2.05, 4.69) is 0 Å². The topological polar surface area (TPSA) is 52.0 Å². The summed E-state index contributed by atoms with van der Waals surface area (Å²) in [5.41, 5.74) is 10.2. The van der Waals surface area contributed by atoms with E-state index >= 15 is 0 Å². The summed E-state index contributed by atoms with van der Waals surface area (Å²) >= 11 is 0. The van der Waals surface area contributed by atoms with Crippen LogP contribution in [0.3, 0.4) is 0 Å². The average Bonchev–Trinajstić information content (AvgIpc) is 2.09. The molecule has 11 heavy (non-hydrogen) atoms. The molecule has 0 saturated heterocycles. The normalized spacial score (nSPS) is 19.9. The molecule has 2 nitrogen and oxygen atoms in total. The van der Waals surface area contributed by atoms with Gasteiger partial charge in [0.25, 0.3) is 0 Å². The van der Waals surface area contributed by atoms with Crippen LogP contribution < -0.4 is 11.5 Å². The zero-order valence-electron chi connectivity index (χ0n) is 7.68. The predicted octanol–water partition coefficient (Wildman–Crippen LogP) is 1.63. The molecule has 1 saturated carbocycles. The van der Waals surface area contributed by atoms with E-state index in [1.54, 1.807) is 0 Å². The van der Waals surface area contributed by atoms with Crippen molar-refractivity contribution in [2.24, 2.45) is 11.5 Å². The van der Waals surface area contributed by atoms with Gasteiger partial charge in [0.2, 0.25) is 0 Å². The first-order chi connectivity index (χ1) is 5.27. The summed E-state index contributed by atoms with van der Waals surface area (Å²) < 4.78 is 0. The predicted molar refractivity (Wildman–Crippen MR) is 50.4 cm³/mol. The molecule has 1 aliphatic carbocycles. The van der Waals surface area contributed by atoms with Gasteiger partial charge in [-0.15, -0.1) is 0 Å². The van der Waals surface area contributed by atoms with Gasteiger partial charge in [-0.05, 0) is 6.92 Å². The second kappa shape index (κ2) is 8.02. The smallest absolute Gasteiger partial charge is 0.0134 e. The number of rotatable bonds is 1. The van der Waals surface area contributed by atoms with Gasteiger partial charge in [0.05, 0.1) is 0 Å². The molecule has 1 unspecified atom stereocenters. The molecular formula is C9H22N2. The molecule has 1 fully saturated rings. The van der Waals surface area contributed by atoms with Gasteiger partial charge in [0.15, 0.2) is 0 Å². The van der Waals surface area contributed by atoms with E-state index in [0.29, 0.717) is 6.54 Å². The monoisotopic (exact) mass is 158 g/mol. The lowest BCUT2D eigenvalue weighted by Gasteiger charge is -2.05. The van der Waals surface area contributed by atoms with E-state index in [1.807, 2.05) is 6.92 Å². The molecule has 4 N–H and O–H groups in total. The maximum absolute atomic E-state index is 5.17. The third kappa shape index (κ3) is 9.92. The molecule has 0 aromatic rings. The summed E-state index contributed by atoms with van der Waals surface area (Å²) in [6, 6.07) is 0.162. The Kier molecular flexibility index (Phi) is 7.96. The van der Waals surface area contributed by atoms with Crippen molar-refractivity contribution in [1.82, 2.24) is 0 Å². The van der Waals surface area contributed by atoms with Crippen LogP contribution in [0.4, 0.5) is 0 Å². The van der Waals surface area contributed by atoms with Crippen LogP contribution in [-0.4, -0.2) is 12.6 Å². The Morgan fingerprint density at radius 3 is 1.27 bits per heavy atom. The van der Waals surface area contributed by atoms with Crippen molar-refractivity contribution in [3.8, 4) is 0 Å². The standard InChI is InChI=1S/C6H12.C3H10N2/c1-2-4-6-5-3-1;1-3(5)2-4/h1-6H2;3H,2,4-5H2,1H3. The van der Waals surface area contributed by atoms with Gasteiger partial charge in [-0.25, -0.2) is 0 Å². The molecule has 2 heteroatoms. The molecular weight excluding hydrogens is 136 g/mol. The van der Waals surface area contributed by atoms with Gasteiger partial charge in [-0.1, -0.05) is 38.5 Å². The van der Waals surface area contributed by atoms with E-state index in [-0.39, 0.29) is 6.04 Å². The van der Waals surface area contributed by atoms with Crippen LogP contribution in [0.15, 0.2) is 0 Å². The van der Waals surface area contributed by atoms with Crippen molar-refractivity contribution >= 4 is 0 Å². The summed E-state index contributed by atoms with van der Waals surface area (Å²) in [5, 5.41) is 0. The van der Waals surface area contributed by atoms with E-state index in [1.165, 1.54) is 38.5 Å². The summed E-state index contributed by atoms with van der Waals surface area (Å²) in [5.74, 6) is 0. The highest BCUT2D eigenvalue weighted by molar-refractivity contribution is 4.51. The minimum atomic E-state index is 0.162. The van der Waals surface area contributed by atoms with E-state index in [4.69, 9.17) is 11.5 Å². The Hall–Kier alpha value is -0.0800. The summed E-state index contributed by atoms with van der Waals surface area (Å²) in [4.78, 5) is 0. The van der Waals surface area contributed by atoms with Gasteiger partial charge >= 0.3 is 0 Å². The van der Waals surface area contributed by atoms with Gasteiger partial charge < -0.3 is 11.5 Å². The van der Waals surface area contributed by atoms with Crippen LogP contribution in [0.25, 0.3) is 0 Å². The first kappa shape index (κ1) is 10.9.